The molecule has 5 atom stereocenters. The smallest absolute Gasteiger partial charge is 0.223 e. The van der Waals surface area contributed by atoms with E-state index in [1.165, 1.54) is 121 Å². The van der Waals surface area contributed by atoms with Crippen molar-refractivity contribution in [3.63, 3.8) is 0 Å². The number of hydrogen-bond donors (Lipinski definition) is 6. The number of nitrogens with one attached hydrogen (secondary N) is 2. The Labute approximate surface area is 511 Å². The number of unbranched alkanes of at least 4 members (excludes halogenated alkanes) is 16. The molecular formula is C61H112N2O19S2. The predicted molar refractivity (Wildman–Crippen MR) is 328 cm³/mol. The Morgan fingerprint density at radius 3 is 1.20 bits per heavy atom. The number of amides is 2. The molecule has 23 heteroatoms. The van der Waals surface area contributed by atoms with Gasteiger partial charge >= 0.3 is 0 Å². The van der Waals surface area contributed by atoms with Crippen molar-refractivity contribution < 1.29 is 91.6 Å². The van der Waals surface area contributed by atoms with E-state index in [9.17, 15) is 24.9 Å². The molecule has 2 rings (SSSR count). The molecule has 0 saturated carbocycles. The highest BCUT2D eigenvalue weighted by molar-refractivity contribution is 8.76. The Morgan fingerprint density at radius 2 is 0.821 bits per heavy atom. The normalized spacial score (nSPS) is 17.0. The monoisotopic (exact) mass is 1240 g/mol. The first-order valence-electron chi connectivity index (χ1n) is 31.5. The summed E-state index contributed by atoms with van der Waals surface area (Å²) in [6.07, 6.45) is 19.4. The van der Waals surface area contributed by atoms with Gasteiger partial charge in [0.05, 0.1) is 145 Å². The van der Waals surface area contributed by atoms with Gasteiger partial charge in [-0.2, -0.15) is 0 Å². The van der Waals surface area contributed by atoms with Crippen molar-refractivity contribution in [1.82, 2.24) is 10.6 Å². The number of carbonyl (C=O) groups is 2. The topological polar surface area (TPSA) is 259 Å². The van der Waals surface area contributed by atoms with Crippen molar-refractivity contribution in [3.8, 4) is 5.75 Å². The lowest BCUT2D eigenvalue weighted by Gasteiger charge is -2.42. The van der Waals surface area contributed by atoms with Crippen LogP contribution in [-0.4, -0.2) is 239 Å². The third kappa shape index (κ3) is 48.0. The van der Waals surface area contributed by atoms with Crippen LogP contribution in [0.15, 0.2) is 24.3 Å². The summed E-state index contributed by atoms with van der Waals surface area (Å²) in [7, 11) is 4.15. The number of benzene rings is 1. The number of aliphatic hydroxyl groups is 4. The van der Waals surface area contributed by atoms with Gasteiger partial charge in [-0.3, -0.25) is 9.59 Å². The van der Waals surface area contributed by atoms with Crippen molar-refractivity contribution in [2.24, 2.45) is 0 Å². The first-order valence-corrected chi connectivity index (χ1v) is 34.0. The molecule has 1 aliphatic heterocycles. The highest BCUT2D eigenvalue weighted by Gasteiger charge is 2.46. The summed E-state index contributed by atoms with van der Waals surface area (Å²) in [4.78, 5) is 24.0. The van der Waals surface area contributed by atoms with Gasteiger partial charge in [-0.05, 0) is 49.8 Å². The quantitative estimate of drug-likeness (QED) is 0.0295. The van der Waals surface area contributed by atoms with Crippen molar-refractivity contribution in [2.75, 3.05) is 177 Å². The molecule has 1 saturated heterocycles. The summed E-state index contributed by atoms with van der Waals surface area (Å²) < 4.78 is 72.2. The second-order valence-electron chi connectivity index (χ2n) is 20.5. The molecule has 84 heavy (non-hydrogen) atoms. The van der Waals surface area contributed by atoms with E-state index in [1.54, 1.807) is 24.3 Å². The van der Waals surface area contributed by atoms with Crippen LogP contribution in [0.1, 0.15) is 134 Å². The number of rotatable bonds is 64. The van der Waals surface area contributed by atoms with Crippen molar-refractivity contribution >= 4 is 33.4 Å². The lowest BCUT2D eigenvalue weighted by molar-refractivity contribution is -0.244. The minimum absolute atomic E-state index is 0.0361. The van der Waals surface area contributed by atoms with Crippen LogP contribution < -0.4 is 15.4 Å². The van der Waals surface area contributed by atoms with Crippen LogP contribution in [0.25, 0.3) is 0 Å². The maximum absolute atomic E-state index is 12.3. The molecule has 0 bridgehead atoms. The minimum atomic E-state index is -1.40. The van der Waals surface area contributed by atoms with E-state index in [2.05, 4.69) is 32.2 Å². The fourth-order valence-electron chi connectivity index (χ4n) is 8.62. The molecule has 0 spiro atoms. The van der Waals surface area contributed by atoms with Crippen LogP contribution in [0, 0.1) is 0 Å². The van der Waals surface area contributed by atoms with Gasteiger partial charge in [0.1, 0.15) is 30.1 Å². The van der Waals surface area contributed by atoms with E-state index >= 15 is 0 Å². The molecular weight excluding hydrogens is 1130 g/mol. The van der Waals surface area contributed by atoms with Gasteiger partial charge < -0.3 is 92.6 Å². The van der Waals surface area contributed by atoms with Gasteiger partial charge in [0.15, 0.2) is 0 Å². The molecule has 6 N–H and O–H groups in total. The number of aliphatic hydroxyl groups excluding tert-OH is 4. The summed E-state index contributed by atoms with van der Waals surface area (Å²) in [5, 5.41) is 44.2. The molecule has 492 valence electrons. The highest BCUT2D eigenvalue weighted by atomic mass is 33.1. The molecule has 21 nitrogen and oxygen atoms in total. The molecule has 1 fully saturated rings. The molecule has 1 aliphatic rings. The van der Waals surface area contributed by atoms with Crippen LogP contribution >= 0.6 is 21.6 Å². The minimum Gasteiger partial charge on any atom is -0.463 e. The third-order valence-electron chi connectivity index (χ3n) is 13.3. The first kappa shape index (κ1) is 78.1. The van der Waals surface area contributed by atoms with Crippen LogP contribution in [0.3, 0.4) is 0 Å². The largest absolute Gasteiger partial charge is 0.463 e. The summed E-state index contributed by atoms with van der Waals surface area (Å²) in [6.45, 7) is 12.8. The molecule has 1 heterocycles. The van der Waals surface area contributed by atoms with E-state index in [0.717, 1.165) is 31.6 Å². The third-order valence-corrected chi connectivity index (χ3v) is 15.9. The zero-order valence-corrected chi connectivity index (χ0v) is 52.8. The summed E-state index contributed by atoms with van der Waals surface area (Å²) in [6, 6.07) is 5.91. The van der Waals surface area contributed by atoms with Crippen molar-refractivity contribution in [3.05, 3.63) is 29.8 Å². The fourth-order valence-corrected chi connectivity index (χ4v) is 10.9. The Morgan fingerprint density at radius 1 is 0.464 bits per heavy atom. The van der Waals surface area contributed by atoms with Crippen molar-refractivity contribution in [1.29, 1.82) is 0 Å². The summed E-state index contributed by atoms with van der Waals surface area (Å²) in [5.41, 5.74) is 0.900. The molecule has 0 unspecified atom stereocenters. The van der Waals surface area contributed by atoms with E-state index < -0.39 is 43.2 Å². The summed E-state index contributed by atoms with van der Waals surface area (Å²) in [5.74, 6) is 2.42. The van der Waals surface area contributed by atoms with E-state index in [4.69, 9.17) is 66.7 Å². The standard InChI is InChI=1S/C61H112N2O19S2/c1-53(66)63-58-60(69)59(68)56(52-65)82-61(58)81-55-23-20-54(21-24-55)22-25-57(67)62-26-30-72-34-38-76-42-46-80-49-48-79-45-41-75-37-33-71-29-17-13-9-5-3-7-11-15-19-51-84-83-50-18-14-10-6-2-4-8-12-16-28-70-32-36-74-40-44-78-47-43-77-39-35-73-31-27-64/h20-21,23-24,56,58-61,64-65,68-69H,2-19,22,25-52H2,1H3,(H,62,67)(H,63,66)/t56-,58-,59+,60-,61-/m1/s1. The SMILES string of the molecule is CC(=O)N[C@H]1[C@H](Oc2ccc(CCC(=O)NCCOCCOCCOCCOCCOCCOCCCCCCCCCCCSSCCCCCCCCCCCOCCOCCOCCOCCOCCO)cc2)O[C@H](CO)[C@H](O)[C@@H]1O. The number of hydrogen-bond acceptors (Lipinski definition) is 21. The second kappa shape index (κ2) is 60.0. The molecule has 0 aliphatic carbocycles. The zero-order valence-electron chi connectivity index (χ0n) is 51.2. The van der Waals surface area contributed by atoms with E-state index in [-0.39, 0.29) is 18.9 Å². The lowest BCUT2D eigenvalue weighted by atomic mass is 9.97. The fraction of sp³-hybridized carbons (Fsp3) is 0.869. The number of carbonyl (C=O) groups excluding carboxylic acids is 2. The highest BCUT2D eigenvalue weighted by Crippen LogP contribution is 2.26. The molecule has 0 aromatic heterocycles. The van der Waals surface area contributed by atoms with E-state index in [0.29, 0.717) is 151 Å². The average molecular weight is 1240 g/mol. The number of ether oxygens (including phenoxy) is 13. The van der Waals surface area contributed by atoms with Gasteiger partial charge in [-0.15, -0.1) is 0 Å². The summed E-state index contributed by atoms with van der Waals surface area (Å²) >= 11 is 0. The van der Waals surface area contributed by atoms with Crippen LogP contribution in [0.2, 0.25) is 0 Å². The van der Waals surface area contributed by atoms with Crippen LogP contribution in [-0.2, 0) is 72.9 Å². The van der Waals surface area contributed by atoms with Gasteiger partial charge in [-0.1, -0.05) is 124 Å². The van der Waals surface area contributed by atoms with Crippen LogP contribution in [0.5, 0.6) is 5.75 Å². The Balaban J connectivity index is 1.17. The molecule has 1 aromatic carbocycles. The molecule has 0 radical (unpaired) electrons. The number of aryl methyl sites for hydroxylation is 1. The lowest BCUT2D eigenvalue weighted by Crippen LogP contribution is -2.65. The Hall–Kier alpha value is -1.98. The molecule has 2 amide bonds. The zero-order chi connectivity index (χ0) is 60.3. The second-order valence-corrected chi connectivity index (χ2v) is 23.2. The van der Waals surface area contributed by atoms with Crippen molar-refractivity contribution in [2.45, 2.75) is 166 Å². The molecule has 1 aromatic rings. The Bertz CT molecular complexity index is 1590. The van der Waals surface area contributed by atoms with Gasteiger partial charge in [-0.25, -0.2) is 0 Å². The van der Waals surface area contributed by atoms with Gasteiger partial charge in [0.25, 0.3) is 0 Å². The predicted octanol–water partition coefficient (Wildman–Crippen LogP) is 6.64. The first-order chi connectivity index (χ1) is 41.3. The van der Waals surface area contributed by atoms with E-state index in [1.807, 2.05) is 0 Å². The van der Waals surface area contributed by atoms with Crippen LogP contribution in [0.4, 0.5) is 0 Å². The van der Waals surface area contributed by atoms with Gasteiger partial charge in [0.2, 0.25) is 18.1 Å². The average Bonchev–Trinajstić information content (AvgIpc) is 3.69. The maximum Gasteiger partial charge on any atom is 0.223 e. The Kier molecular flexibility index (Phi) is 55.8. The maximum atomic E-state index is 12.3. The van der Waals surface area contributed by atoms with Gasteiger partial charge in [0, 0.05) is 44.6 Å².